The van der Waals surface area contributed by atoms with E-state index in [1.54, 1.807) is 0 Å². The lowest BCUT2D eigenvalue weighted by molar-refractivity contribution is -0.385. The summed E-state index contributed by atoms with van der Waals surface area (Å²) in [6, 6.07) is 4.19. The highest BCUT2D eigenvalue weighted by atomic mass is 16.6. The standard InChI is InChI=1S/C9H10N2O4/c10-5-4-6-2-1-3-7(9(12)13)8(6)11(14)15/h1-3H,4-5,10H2,(H,12,13). The van der Waals surface area contributed by atoms with E-state index in [0.717, 1.165) is 0 Å². The van der Waals surface area contributed by atoms with Gasteiger partial charge < -0.3 is 10.8 Å². The minimum absolute atomic E-state index is 0.240. The van der Waals surface area contributed by atoms with Gasteiger partial charge >= 0.3 is 5.97 Å². The van der Waals surface area contributed by atoms with Crippen LogP contribution in [0.25, 0.3) is 0 Å². The number of carbonyl (C=O) groups is 1. The SMILES string of the molecule is NCCc1cccc(C(=O)O)c1[N+](=O)[O-]. The van der Waals surface area contributed by atoms with Gasteiger partial charge in [-0.1, -0.05) is 12.1 Å². The van der Waals surface area contributed by atoms with Crippen LogP contribution in [0.1, 0.15) is 15.9 Å². The maximum Gasteiger partial charge on any atom is 0.342 e. The van der Waals surface area contributed by atoms with Crippen molar-refractivity contribution in [3.05, 3.63) is 39.4 Å². The quantitative estimate of drug-likeness (QED) is 0.564. The maximum atomic E-state index is 10.7. The predicted octanol–water partition coefficient (Wildman–Crippen LogP) is 0.794. The number of nitrogens with zero attached hydrogens (tertiary/aromatic N) is 1. The normalized spacial score (nSPS) is 9.93. The number of nitro groups is 1. The highest BCUT2D eigenvalue weighted by molar-refractivity contribution is 5.93. The number of hydrogen-bond donors (Lipinski definition) is 2. The smallest absolute Gasteiger partial charge is 0.342 e. The van der Waals surface area contributed by atoms with Gasteiger partial charge in [-0.3, -0.25) is 10.1 Å². The van der Waals surface area contributed by atoms with E-state index in [1.807, 2.05) is 0 Å². The van der Waals surface area contributed by atoms with E-state index in [2.05, 4.69) is 0 Å². The molecule has 1 rings (SSSR count). The van der Waals surface area contributed by atoms with Crippen LogP contribution < -0.4 is 5.73 Å². The first-order valence-electron chi connectivity index (χ1n) is 4.27. The van der Waals surface area contributed by atoms with Crippen molar-refractivity contribution in [2.24, 2.45) is 5.73 Å². The topological polar surface area (TPSA) is 106 Å². The monoisotopic (exact) mass is 210 g/mol. The Bertz CT molecular complexity index is 403. The molecule has 1 aromatic rings. The molecule has 0 radical (unpaired) electrons. The van der Waals surface area contributed by atoms with Gasteiger partial charge in [0.1, 0.15) is 5.56 Å². The Balaban J connectivity index is 3.34. The Hall–Kier alpha value is -1.95. The third-order valence-corrected chi connectivity index (χ3v) is 1.95. The Morgan fingerprint density at radius 2 is 2.20 bits per heavy atom. The molecular weight excluding hydrogens is 200 g/mol. The largest absolute Gasteiger partial charge is 0.477 e. The molecule has 0 unspecified atom stereocenters. The van der Waals surface area contributed by atoms with Crippen LogP contribution in [0.5, 0.6) is 0 Å². The van der Waals surface area contributed by atoms with Gasteiger partial charge in [-0.05, 0) is 19.0 Å². The molecule has 3 N–H and O–H groups in total. The zero-order chi connectivity index (χ0) is 11.4. The van der Waals surface area contributed by atoms with Crippen molar-refractivity contribution in [1.29, 1.82) is 0 Å². The molecule has 0 heterocycles. The Morgan fingerprint density at radius 3 is 2.67 bits per heavy atom. The molecule has 1 aromatic carbocycles. The summed E-state index contributed by atoms with van der Waals surface area (Å²) in [6.07, 6.45) is 0.289. The van der Waals surface area contributed by atoms with E-state index in [0.29, 0.717) is 5.56 Å². The summed E-state index contributed by atoms with van der Waals surface area (Å²) in [6.45, 7) is 0.240. The molecule has 0 bridgehead atoms. The van der Waals surface area contributed by atoms with Gasteiger partial charge in [-0.15, -0.1) is 0 Å². The highest BCUT2D eigenvalue weighted by Gasteiger charge is 2.23. The van der Waals surface area contributed by atoms with Crippen molar-refractivity contribution in [2.45, 2.75) is 6.42 Å². The van der Waals surface area contributed by atoms with E-state index in [4.69, 9.17) is 10.8 Å². The third kappa shape index (κ3) is 2.29. The van der Waals surface area contributed by atoms with Crippen LogP contribution in [0.3, 0.4) is 0 Å². The zero-order valence-corrected chi connectivity index (χ0v) is 7.84. The van der Waals surface area contributed by atoms with E-state index in [1.165, 1.54) is 18.2 Å². The van der Waals surface area contributed by atoms with Gasteiger partial charge in [-0.2, -0.15) is 0 Å². The molecule has 0 amide bonds. The summed E-state index contributed by atoms with van der Waals surface area (Å²) in [4.78, 5) is 20.8. The van der Waals surface area contributed by atoms with Crippen molar-refractivity contribution >= 4 is 11.7 Å². The van der Waals surface area contributed by atoms with Gasteiger partial charge in [0.15, 0.2) is 0 Å². The van der Waals surface area contributed by atoms with E-state index in [-0.39, 0.29) is 24.2 Å². The minimum atomic E-state index is -1.31. The average Bonchev–Trinajstić information content (AvgIpc) is 2.17. The van der Waals surface area contributed by atoms with Crippen LogP contribution in [0.15, 0.2) is 18.2 Å². The first kappa shape index (κ1) is 11.1. The van der Waals surface area contributed by atoms with Gasteiger partial charge in [0.2, 0.25) is 0 Å². The van der Waals surface area contributed by atoms with Crippen LogP contribution in [0.4, 0.5) is 5.69 Å². The van der Waals surface area contributed by atoms with Gasteiger partial charge in [0.05, 0.1) is 4.92 Å². The molecular formula is C9H10N2O4. The molecule has 15 heavy (non-hydrogen) atoms. The first-order chi connectivity index (χ1) is 7.07. The maximum absolute atomic E-state index is 10.7. The van der Waals surface area contributed by atoms with E-state index < -0.39 is 10.9 Å². The molecule has 0 aliphatic heterocycles. The fraction of sp³-hybridized carbons (Fsp3) is 0.222. The van der Waals surface area contributed by atoms with Crippen LogP contribution in [0, 0.1) is 10.1 Å². The summed E-state index contributed by atoms with van der Waals surface area (Å²) >= 11 is 0. The molecule has 0 fully saturated rings. The number of rotatable bonds is 4. The van der Waals surface area contributed by atoms with Crippen LogP contribution in [-0.2, 0) is 6.42 Å². The number of nitrogens with two attached hydrogens (primary N) is 1. The van der Waals surface area contributed by atoms with Gasteiger partial charge in [0, 0.05) is 5.56 Å². The summed E-state index contributed by atoms with van der Waals surface area (Å²) in [7, 11) is 0. The van der Waals surface area contributed by atoms with Crippen molar-refractivity contribution in [1.82, 2.24) is 0 Å². The number of para-hydroxylation sites is 1. The second kappa shape index (κ2) is 4.52. The lowest BCUT2D eigenvalue weighted by atomic mass is 10.0. The summed E-state index contributed by atoms with van der Waals surface area (Å²) < 4.78 is 0. The average molecular weight is 210 g/mol. The van der Waals surface area contributed by atoms with E-state index in [9.17, 15) is 14.9 Å². The third-order valence-electron chi connectivity index (χ3n) is 1.95. The van der Waals surface area contributed by atoms with Crippen LogP contribution in [0.2, 0.25) is 0 Å². The molecule has 80 valence electrons. The summed E-state index contributed by atoms with van der Waals surface area (Å²) in [5.74, 6) is -1.31. The molecule has 0 atom stereocenters. The van der Waals surface area contributed by atoms with E-state index >= 15 is 0 Å². The Kier molecular flexibility index (Phi) is 3.35. The predicted molar refractivity (Wildman–Crippen MR) is 52.8 cm³/mol. The lowest BCUT2D eigenvalue weighted by Gasteiger charge is -2.03. The number of nitro benzene ring substituents is 1. The molecule has 6 heteroatoms. The molecule has 0 spiro atoms. The molecule has 0 aromatic heterocycles. The van der Waals surface area contributed by atoms with Gasteiger partial charge in [0.25, 0.3) is 5.69 Å². The fourth-order valence-corrected chi connectivity index (χ4v) is 1.34. The summed E-state index contributed by atoms with van der Waals surface area (Å²) in [5, 5.41) is 19.5. The highest BCUT2D eigenvalue weighted by Crippen LogP contribution is 2.23. The second-order valence-corrected chi connectivity index (χ2v) is 2.91. The number of carboxylic acid groups (broad SMARTS) is 1. The number of aromatic carboxylic acids is 1. The van der Waals surface area contributed by atoms with Crippen molar-refractivity contribution in [2.75, 3.05) is 6.54 Å². The lowest BCUT2D eigenvalue weighted by Crippen LogP contribution is -2.09. The second-order valence-electron chi connectivity index (χ2n) is 2.91. The van der Waals surface area contributed by atoms with Crippen molar-refractivity contribution in [3.63, 3.8) is 0 Å². The molecule has 0 aliphatic rings. The fourth-order valence-electron chi connectivity index (χ4n) is 1.34. The van der Waals surface area contributed by atoms with Crippen molar-refractivity contribution < 1.29 is 14.8 Å². The molecule has 0 saturated carbocycles. The van der Waals surface area contributed by atoms with Crippen LogP contribution >= 0.6 is 0 Å². The summed E-state index contributed by atoms with van der Waals surface area (Å²) in [5.41, 5.74) is 4.97. The number of carboxylic acids is 1. The minimum Gasteiger partial charge on any atom is -0.477 e. The Labute approximate surface area is 85.5 Å². The van der Waals surface area contributed by atoms with Crippen LogP contribution in [-0.4, -0.2) is 22.5 Å². The molecule has 0 saturated heterocycles. The number of hydrogen-bond acceptors (Lipinski definition) is 4. The van der Waals surface area contributed by atoms with Crippen molar-refractivity contribution in [3.8, 4) is 0 Å². The number of benzene rings is 1. The first-order valence-corrected chi connectivity index (χ1v) is 4.27. The van der Waals surface area contributed by atoms with Gasteiger partial charge in [-0.25, -0.2) is 4.79 Å². The Morgan fingerprint density at radius 1 is 1.53 bits per heavy atom. The zero-order valence-electron chi connectivity index (χ0n) is 7.84. The molecule has 0 aliphatic carbocycles. The molecule has 6 nitrogen and oxygen atoms in total.